The summed E-state index contributed by atoms with van der Waals surface area (Å²) in [6.07, 6.45) is 13.7. The molecule has 0 spiro atoms. The van der Waals surface area contributed by atoms with Crippen molar-refractivity contribution in [2.45, 2.75) is 44.9 Å². The molecule has 5 aromatic carbocycles. The van der Waals surface area contributed by atoms with Gasteiger partial charge in [0.2, 0.25) is 0 Å². The van der Waals surface area contributed by atoms with Crippen molar-refractivity contribution < 1.29 is 32.2 Å². The lowest BCUT2D eigenvalue weighted by Gasteiger charge is -2.12. The molecule has 1 aromatic heterocycles. The zero-order valence-electron chi connectivity index (χ0n) is 32.6. The molecule has 0 radical (unpaired) electrons. The number of hydrazone groups is 1. The molecule has 0 unspecified atom stereocenters. The van der Waals surface area contributed by atoms with E-state index in [1.165, 1.54) is 18.2 Å². The quantitative estimate of drug-likeness (QED) is 0.0194. The van der Waals surface area contributed by atoms with Gasteiger partial charge in [0.25, 0.3) is 0 Å². The Bertz CT molecular complexity index is 2300. The van der Waals surface area contributed by atoms with Crippen LogP contribution in [0.5, 0.6) is 5.75 Å². The predicted molar refractivity (Wildman–Crippen MR) is 228 cm³/mol. The number of fused-ring (bicyclic) bond motifs is 1. The molecule has 6 aromatic rings. The summed E-state index contributed by atoms with van der Waals surface area (Å²) in [6.45, 7) is 4.83. The van der Waals surface area contributed by atoms with Crippen LogP contribution in [0.1, 0.15) is 60.8 Å². The van der Waals surface area contributed by atoms with Crippen LogP contribution in [-0.4, -0.2) is 44.1 Å². The third-order valence-corrected chi connectivity index (χ3v) is 9.50. The summed E-state index contributed by atoms with van der Waals surface area (Å²) in [7, 11) is 1.73. The maximum Gasteiger partial charge on any atom is 0.330 e. The third kappa shape index (κ3) is 11.6. The molecule has 0 saturated carbocycles. The summed E-state index contributed by atoms with van der Waals surface area (Å²) in [4.78, 5) is 15.6. The molecule has 0 aliphatic carbocycles. The fourth-order valence-electron chi connectivity index (χ4n) is 6.40. The molecule has 10 heteroatoms. The van der Waals surface area contributed by atoms with Gasteiger partial charge in [0, 0.05) is 42.9 Å². The zero-order chi connectivity index (χ0) is 40.5. The van der Waals surface area contributed by atoms with Crippen molar-refractivity contribution in [3.05, 3.63) is 150 Å². The van der Waals surface area contributed by atoms with Gasteiger partial charge in [-0.25, -0.2) is 19.0 Å². The van der Waals surface area contributed by atoms with Gasteiger partial charge in [0.05, 0.1) is 19.4 Å². The van der Waals surface area contributed by atoms with Crippen LogP contribution in [0.4, 0.5) is 14.8 Å². The van der Waals surface area contributed by atoms with E-state index in [0.717, 1.165) is 55.9 Å². The molecule has 1 N–H and O–H groups in total. The van der Waals surface area contributed by atoms with E-state index in [0.29, 0.717) is 46.6 Å². The van der Waals surface area contributed by atoms with Crippen LogP contribution < -0.4 is 10.2 Å². The van der Waals surface area contributed by atoms with Crippen molar-refractivity contribution in [3.8, 4) is 28.0 Å². The average molecular weight is 784 g/mol. The van der Waals surface area contributed by atoms with Gasteiger partial charge >= 0.3 is 12.0 Å². The molecular formula is C48H47F2N3O5. The molecule has 6 rings (SSSR count). The second kappa shape index (κ2) is 21.2. The molecule has 0 saturated heterocycles. The van der Waals surface area contributed by atoms with Crippen LogP contribution in [0.3, 0.4) is 0 Å². The third-order valence-electron chi connectivity index (χ3n) is 9.50. The summed E-state index contributed by atoms with van der Waals surface area (Å²) in [5, 5.41) is 4.36. The van der Waals surface area contributed by atoms with Crippen molar-refractivity contribution in [2.24, 2.45) is 5.10 Å². The number of ether oxygens (including phenoxy) is 3. The molecule has 8 nitrogen and oxygen atoms in total. The molecule has 0 amide bonds. The lowest BCUT2D eigenvalue weighted by atomic mass is 9.94. The maximum absolute atomic E-state index is 16.1. The maximum atomic E-state index is 16.1. The van der Waals surface area contributed by atoms with Crippen molar-refractivity contribution >= 4 is 41.5 Å². The van der Waals surface area contributed by atoms with E-state index < -0.39 is 17.6 Å². The number of benzene rings is 5. The van der Waals surface area contributed by atoms with E-state index in [1.54, 1.807) is 25.3 Å². The second-order valence-electron chi connectivity index (χ2n) is 13.7. The average Bonchev–Trinajstić information content (AvgIpc) is 3.67. The van der Waals surface area contributed by atoms with E-state index in [-0.39, 0.29) is 23.7 Å². The Kier molecular flexibility index (Phi) is 15.1. The summed E-state index contributed by atoms with van der Waals surface area (Å²) in [6, 6.07) is 31.5. The van der Waals surface area contributed by atoms with Crippen LogP contribution in [0.15, 0.2) is 125 Å². The number of carbonyl (C=O) groups is 1. The van der Waals surface area contributed by atoms with Crippen molar-refractivity contribution in [3.63, 3.8) is 0 Å². The number of hydrogen-bond acceptors (Lipinski definition) is 8. The Morgan fingerprint density at radius 2 is 1.48 bits per heavy atom. The molecule has 0 aliphatic heterocycles. The Hall–Kier alpha value is -6.39. The minimum absolute atomic E-state index is 0.108. The number of nitrogens with zero attached hydrogens (tertiary/aromatic N) is 2. The summed E-state index contributed by atoms with van der Waals surface area (Å²) < 4.78 is 53.5. The number of esters is 1. The number of para-hydroxylation sites is 2. The molecule has 298 valence electrons. The number of rotatable bonds is 21. The first-order valence-electron chi connectivity index (χ1n) is 19.5. The molecule has 0 atom stereocenters. The highest BCUT2D eigenvalue weighted by Crippen LogP contribution is 2.34. The van der Waals surface area contributed by atoms with Gasteiger partial charge < -0.3 is 18.6 Å². The minimum Gasteiger partial charge on any atom is -0.493 e. The van der Waals surface area contributed by atoms with Crippen LogP contribution in [0, 0.1) is 11.6 Å². The lowest BCUT2D eigenvalue weighted by Crippen LogP contribution is -2.06. The number of anilines is 1. The lowest BCUT2D eigenvalue weighted by molar-refractivity contribution is -0.137. The summed E-state index contributed by atoms with van der Waals surface area (Å²) in [5.41, 5.74) is 8.94. The first kappa shape index (κ1) is 41.2. The smallest absolute Gasteiger partial charge is 0.330 e. The largest absolute Gasteiger partial charge is 0.493 e. The van der Waals surface area contributed by atoms with Gasteiger partial charge in [0.1, 0.15) is 11.3 Å². The highest BCUT2D eigenvalue weighted by Gasteiger charge is 2.18. The molecule has 0 fully saturated rings. The van der Waals surface area contributed by atoms with Crippen LogP contribution in [-0.2, 0) is 20.7 Å². The number of aromatic nitrogens is 1. The number of unbranched alkanes of at least 4 members (excludes halogenated alkanes) is 4. The van der Waals surface area contributed by atoms with Gasteiger partial charge in [-0.2, -0.15) is 10.1 Å². The topological polar surface area (TPSA) is 95.2 Å². The van der Waals surface area contributed by atoms with Crippen molar-refractivity contribution in [1.29, 1.82) is 0 Å². The number of oxazole rings is 1. The normalized spacial score (nSPS) is 11.4. The van der Waals surface area contributed by atoms with E-state index in [9.17, 15) is 4.79 Å². The molecule has 0 bridgehead atoms. The first-order valence-corrected chi connectivity index (χ1v) is 19.5. The fraction of sp³-hybridized carbons (Fsp3) is 0.229. The number of methoxy groups -OCH3 is 1. The highest BCUT2D eigenvalue weighted by molar-refractivity contribution is 5.93. The first-order chi connectivity index (χ1) is 28.4. The van der Waals surface area contributed by atoms with E-state index in [1.807, 2.05) is 97.1 Å². The number of halogens is 2. The number of nitrogens with one attached hydrogen (secondary N) is 1. The summed E-state index contributed by atoms with van der Waals surface area (Å²) in [5.74, 6) is -1.63. The van der Waals surface area contributed by atoms with Gasteiger partial charge in [-0.05, 0) is 77.4 Å². The molecule has 58 heavy (non-hydrogen) atoms. The fourth-order valence-corrected chi connectivity index (χ4v) is 6.40. The van der Waals surface area contributed by atoms with E-state index in [2.05, 4.69) is 22.1 Å². The van der Waals surface area contributed by atoms with E-state index >= 15 is 8.78 Å². The predicted octanol–water partition coefficient (Wildman–Crippen LogP) is 11.7. The highest BCUT2D eigenvalue weighted by atomic mass is 19.2. The summed E-state index contributed by atoms with van der Waals surface area (Å²) >= 11 is 0. The standard InChI is InChI=1S/C48H47F2N3O5/c1-3-45(54)57-31-11-30-56-39-24-19-35(20-25-39)15-16-36-21-26-40(38(32-36)33-51-53-48-52-43-13-8-9-14-44(43)58-48)42-28-27-41(46(49)47(42)50)37-22-17-34(18-23-37)12-7-5-4-6-10-29-55-2/h3,8-9,13-28,32-33H,1,4-7,10-12,29-31H2,2H3,(H,52,53)/b16-15+,51-33+. The van der Waals surface area contributed by atoms with E-state index in [4.69, 9.17) is 18.6 Å². The second-order valence-corrected chi connectivity index (χ2v) is 13.7. The molecule has 0 aliphatic rings. The van der Waals surface area contributed by atoms with Crippen LogP contribution in [0.25, 0.3) is 45.5 Å². The monoisotopic (exact) mass is 783 g/mol. The Labute approximate surface area is 337 Å². The van der Waals surface area contributed by atoms with Crippen LogP contribution in [0.2, 0.25) is 0 Å². The molecular weight excluding hydrogens is 737 g/mol. The SMILES string of the molecule is C=CC(=O)OCCCOc1ccc(/C=C/c2ccc(-c3ccc(-c4ccc(CCCCCCCOC)cc4)c(F)c3F)c(/C=N/Nc3nc4ccccc4o3)c2)cc1. The van der Waals surface area contributed by atoms with Gasteiger partial charge in [0.15, 0.2) is 17.2 Å². The minimum atomic E-state index is -0.944. The van der Waals surface area contributed by atoms with Crippen LogP contribution >= 0.6 is 0 Å². The molecule has 1 heterocycles. The number of aryl methyl sites for hydroxylation is 1. The van der Waals surface area contributed by atoms with Gasteiger partial charge in [-0.1, -0.05) is 111 Å². The number of hydrogen-bond donors (Lipinski definition) is 1. The number of carbonyl (C=O) groups excluding carboxylic acids is 1. The van der Waals surface area contributed by atoms with Gasteiger partial charge in [-0.3, -0.25) is 0 Å². The zero-order valence-corrected chi connectivity index (χ0v) is 32.6. The Morgan fingerprint density at radius 1 is 0.776 bits per heavy atom. The Morgan fingerprint density at radius 3 is 2.28 bits per heavy atom. The van der Waals surface area contributed by atoms with Crippen molar-refractivity contribution in [1.82, 2.24) is 4.98 Å². The van der Waals surface area contributed by atoms with Crippen molar-refractivity contribution in [2.75, 3.05) is 32.4 Å². The Balaban J connectivity index is 1.17. The van der Waals surface area contributed by atoms with Gasteiger partial charge in [-0.15, -0.1) is 0 Å².